The van der Waals surface area contributed by atoms with Crippen LogP contribution in [0.3, 0.4) is 0 Å². The molecule has 2 aromatic rings. The van der Waals surface area contributed by atoms with Crippen molar-refractivity contribution in [1.29, 1.82) is 0 Å². The molecule has 2 aromatic carbocycles. The minimum absolute atomic E-state index is 0.0439. The third-order valence-corrected chi connectivity index (χ3v) is 5.96. The van der Waals surface area contributed by atoms with Crippen LogP contribution >= 0.6 is 11.6 Å². The predicted octanol–water partition coefficient (Wildman–Crippen LogP) is 3.72. The van der Waals surface area contributed by atoms with Crippen molar-refractivity contribution < 1.29 is 22.7 Å². The van der Waals surface area contributed by atoms with Crippen LogP contribution in [0.15, 0.2) is 41.3 Å². The average Bonchev–Trinajstić information content (AvgIpc) is 2.60. The Morgan fingerprint density at radius 1 is 1.15 bits per heavy atom. The molecule has 0 N–H and O–H groups in total. The van der Waals surface area contributed by atoms with E-state index in [1.807, 2.05) is 13.0 Å². The first-order valence-corrected chi connectivity index (χ1v) is 10.1. The molecule has 0 heterocycles. The number of anilines is 1. The van der Waals surface area contributed by atoms with E-state index in [4.69, 9.17) is 21.1 Å². The van der Waals surface area contributed by atoms with Crippen LogP contribution in [0, 0.1) is 13.8 Å². The smallest absolute Gasteiger partial charge is 0.326 e. The summed E-state index contributed by atoms with van der Waals surface area (Å²) in [7, 11) is -2.62. The summed E-state index contributed by atoms with van der Waals surface area (Å²) in [5.41, 5.74) is 2.11. The van der Waals surface area contributed by atoms with E-state index in [2.05, 4.69) is 0 Å². The Bertz CT molecular complexity index is 943. The lowest BCUT2D eigenvalue weighted by Crippen LogP contribution is -2.37. The zero-order chi connectivity index (χ0) is 20.2. The van der Waals surface area contributed by atoms with Crippen LogP contribution in [0.4, 0.5) is 5.69 Å². The largest absolute Gasteiger partial charge is 0.495 e. The van der Waals surface area contributed by atoms with Crippen LogP contribution in [-0.4, -0.2) is 34.6 Å². The molecular weight excluding hydrogens is 390 g/mol. The summed E-state index contributed by atoms with van der Waals surface area (Å²) in [4.78, 5) is 12.0. The molecule has 146 valence electrons. The molecule has 0 amide bonds. The van der Waals surface area contributed by atoms with Crippen LogP contribution in [0.1, 0.15) is 18.1 Å². The van der Waals surface area contributed by atoms with Gasteiger partial charge in [0.2, 0.25) is 0 Å². The minimum Gasteiger partial charge on any atom is -0.495 e. The average molecular weight is 412 g/mol. The lowest BCUT2D eigenvalue weighted by atomic mass is 10.1. The monoisotopic (exact) mass is 411 g/mol. The van der Waals surface area contributed by atoms with Gasteiger partial charge in [-0.15, -0.1) is 0 Å². The number of hydrogen-bond donors (Lipinski definition) is 0. The molecule has 27 heavy (non-hydrogen) atoms. The number of aryl methyl sites for hydroxylation is 2. The number of rotatable bonds is 7. The molecule has 0 aliphatic rings. The molecule has 0 saturated carbocycles. The highest BCUT2D eigenvalue weighted by atomic mass is 35.5. The van der Waals surface area contributed by atoms with Crippen molar-refractivity contribution in [3.63, 3.8) is 0 Å². The molecular formula is C19H22ClNO5S. The summed E-state index contributed by atoms with van der Waals surface area (Å²) < 4.78 is 37.6. The number of methoxy groups -OCH3 is 1. The van der Waals surface area contributed by atoms with E-state index in [9.17, 15) is 13.2 Å². The Morgan fingerprint density at radius 2 is 1.85 bits per heavy atom. The predicted molar refractivity (Wildman–Crippen MR) is 105 cm³/mol. The number of hydrogen-bond acceptors (Lipinski definition) is 5. The van der Waals surface area contributed by atoms with Crippen LogP contribution in [0.25, 0.3) is 0 Å². The second-order valence-electron chi connectivity index (χ2n) is 5.90. The third-order valence-electron chi connectivity index (χ3n) is 3.91. The van der Waals surface area contributed by atoms with Crippen LogP contribution in [0.5, 0.6) is 5.75 Å². The molecule has 2 rings (SSSR count). The van der Waals surface area contributed by atoms with Gasteiger partial charge in [0.1, 0.15) is 12.3 Å². The Kier molecular flexibility index (Phi) is 6.73. The number of nitrogens with zero attached hydrogens (tertiary/aromatic N) is 1. The quantitative estimate of drug-likeness (QED) is 0.649. The highest BCUT2D eigenvalue weighted by molar-refractivity contribution is 7.92. The lowest BCUT2D eigenvalue weighted by molar-refractivity contribution is -0.141. The molecule has 0 aromatic heterocycles. The first-order valence-electron chi connectivity index (χ1n) is 8.29. The molecule has 0 aliphatic heterocycles. The highest BCUT2D eigenvalue weighted by Crippen LogP contribution is 2.31. The molecule has 0 bridgehead atoms. The van der Waals surface area contributed by atoms with Crippen LogP contribution < -0.4 is 9.04 Å². The molecule has 0 atom stereocenters. The summed E-state index contributed by atoms with van der Waals surface area (Å²) in [6, 6.07) is 9.48. The topological polar surface area (TPSA) is 72.9 Å². The van der Waals surface area contributed by atoms with Crippen LogP contribution in [0.2, 0.25) is 5.02 Å². The first-order chi connectivity index (χ1) is 12.7. The van der Waals surface area contributed by atoms with Crippen molar-refractivity contribution in [3.8, 4) is 5.75 Å². The van der Waals surface area contributed by atoms with Gasteiger partial charge in [-0.2, -0.15) is 0 Å². The Labute approximate surface area is 164 Å². The fourth-order valence-electron chi connectivity index (χ4n) is 2.64. The standard InChI is InChI=1S/C19H22ClNO5S/c1-5-26-19(22)12-21(17-8-6-13(2)10-14(17)3)27(23,24)15-7-9-18(25-4)16(20)11-15/h6-11H,5,12H2,1-4H3. The first kappa shape index (κ1) is 21.1. The number of ether oxygens (including phenoxy) is 2. The van der Waals surface area contributed by atoms with Gasteiger partial charge in [0.15, 0.2) is 0 Å². The van der Waals surface area contributed by atoms with Gasteiger partial charge in [-0.25, -0.2) is 8.42 Å². The molecule has 8 heteroatoms. The Balaban J connectivity index is 2.57. The second kappa shape index (κ2) is 8.63. The number of sulfonamides is 1. The van der Waals surface area contributed by atoms with Crippen molar-refractivity contribution >= 4 is 33.3 Å². The fourth-order valence-corrected chi connectivity index (χ4v) is 4.47. The summed E-state index contributed by atoms with van der Waals surface area (Å²) in [6.45, 7) is 5.08. The molecule has 0 radical (unpaired) electrons. The van der Waals surface area contributed by atoms with E-state index in [1.165, 1.54) is 25.3 Å². The van der Waals surface area contributed by atoms with Gasteiger partial charge in [0, 0.05) is 0 Å². The van der Waals surface area contributed by atoms with Crippen LogP contribution in [-0.2, 0) is 19.6 Å². The van der Waals surface area contributed by atoms with Crippen molar-refractivity contribution in [2.24, 2.45) is 0 Å². The van der Waals surface area contributed by atoms with E-state index < -0.39 is 22.5 Å². The van der Waals surface area contributed by atoms with Crippen molar-refractivity contribution in [3.05, 3.63) is 52.5 Å². The highest BCUT2D eigenvalue weighted by Gasteiger charge is 2.29. The van der Waals surface area contributed by atoms with E-state index in [0.29, 0.717) is 11.4 Å². The molecule has 0 spiro atoms. The van der Waals surface area contributed by atoms with E-state index in [-0.39, 0.29) is 16.5 Å². The molecule has 0 fully saturated rings. The lowest BCUT2D eigenvalue weighted by Gasteiger charge is -2.25. The third kappa shape index (κ3) is 4.73. The maximum atomic E-state index is 13.3. The van der Waals surface area contributed by atoms with Gasteiger partial charge in [0.25, 0.3) is 10.0 Å². The maximum absolute atomic E-state index is 13.3. The van der Waals surface area contributed by atoms with Crippen molar-refractivity contribution in [1.82, 2.24) is 0 Å². The van der Waals surface area contributed by atoms with E-state index in [1.54, 1.807) is 26.0 Å². The van der Waals surface area contributed by atoms with Crippen molar-refractivity contribution in [2.45, 2.75) is 25.7 Å². The molecule has 0 saturated heterocycles. The SMILES string of the molecule is CCOC(=O)CN(c1ccc(C)cc1C)S(=O)(=O)c1ccc(OC)c(Cl)c1. The second-order valence-corrected chi connectivity index (χ2v) is 8.17. The fraction of sp³-hybridized carbons (Fsp3) is 0.316. The number of carbonyl (C=O) groups is 1. The summed E-state index contributed by atoms with van der Waals surface area (Å²) >= 11 is 6.09. The van der Waals surface area contributed by atoms with Gasteiger partial charge in [-0.1, -0.05) is 29.3 Å². The minimum atomic E-state index is -4.06. The van der Waals surface area contributed by atoms with Gasteiger partial charge >= 0.3 is 5.97 Å². The van der Waals surface area contributed by atoms with Crippen molar-refractivity contribution in [2.75, 3.05) is 24.6 Å². The number of carbonyl (C=O) groups excluding carboxylic acids is 1. The Morgan fingerprint density at radius 3 is 2.41 bits per heavy atom. The molecule has 6 nitrogen and oxygen atoms in total. The van der Waals surface area contributed by atoms with E-state index >= 15 is 0 Å². The number of esters is 1. The number of benzene rings is 2. The number of halogens is 1. The molecule has 0 unspecified atom stereocenters. The molecule has 0 aliphatic carbocycles. The summed E-state index contributed by atoms with van der Waals surface area (Å²) in [6.07, 6.45) is 0. The summed E-state index contributed by atoms with van der Waals surface area (Å²) in [5.74, 6) is -0.278. The summed E-state index contributed by atoms with van der Waals surface area (Å²) in [5, 5.41) is 0.162. The zero-order valence-electron chi connectivity index (χ0n) is 15.7. The van der Waals surface area contributed by atoms with Gasteiger partial charge in [-0.05, 0) is 50.6 Å². The Hall–Kier alpha value is -2.25. The normalized spacial score (nSPS) is 11.1. The van der Waals surface area contributed by atoms with E-state index in [0.717, 1.165) is 15.4 Å². The maximum Gasteiger partial charge on any atom is 0.326 e. The van der Waals surface area contributed by atoms with Gasteiger partial charge < -0.3 is 9.47 Å². The van der Waals surface area contributed by atoms with Gasteiger partial charge in [0.05, 0.1) is 29.3 Å². The zero-order valence-corrected chi connectivity index (χ0v) is 17.2. The van der Waals surface area contributed by atoms with Gasteiger partial charge in [-0.3, -0.25) is 9.10 Å².